The van der Waals surface area contributed by atoms with Crippen molar-refractivity contribution in [3.05, 3.63) is 21.4 Å². The number of rotatable bonds is 7. The van der Waals surface area contributed by atoms with Gasteiger partial charge in [0.25, 0.3) is 0 Å². The highest BCUT2D eigenvalue weighted by atomic mass is 32.1. The van der Waals surface area contributed by atoms with Crippen LogP contribution in [-0.2, 0) is 13.1 Å². The van der Waals surface area contributed by atoms with Gasteiger partial charge in [-0.2, -0.15) is 13.2 Å². The second-order valence-electron chi connectivity index (χ2n) is 5.55. The van der Waals surface area contributed by atoms with E-state index in [4.69, 9.17) is 0 Å². The van der Waals surface area contributed by atoms with Crippen molar-refractivity contribution in [2.75, 3.05) is 13.6 Å². The van der Waals surface area contributed by atoms with E-state index in [0.29, 0.717) is 12.6 Å². The van der Waals surface area contributed by atoms with Gasteiger partial charge in [-0.1, -0.05) is 0 Å². The lowest BCUT2D eigenvalue weighted by Gasteiger charge is -2.17. The van der Waals surface area contributed by atoms with Crippen LogP contribution in [0.3, 0.4) is 0 Å². The van der Waals surface area contributed by atoms with Crippen molar-refractivity contribution in [1.82, 2.24) is 10.2 Å². The maximum absolute atomic E-state index is 12.2. The number of aryl methyl sites for hydroxylation is 1. The van der Waals surface area contributed by atoms with Gasteiger partial charge in [-0.05, 0) is 38.4 Å². The molecule has 1 fully saturated rings. The van der Waals surface area contributed by atoms with Gasteiger partial charge in [0, 0.05) is 35.4 Å². The summed E-state index contributed by atoms with van der Waals surface area (Å²) in [6.07, 6.45) is -2.30. The minimum Gasteiger partial charge on any atom is -0.309 e. The van der Waals surface area contributed by atoms with E-state index in [1.54, 1.807) is 23.3 Å². The molecule has 1 aliphatic carbocycles. The second-order valence-corrected chi connectivity index (χ2v) is 6.89. The van der Waals surface area contributed by atoms with E-state index in [2.05, 4.69) is 11.4 Å². The van der Waals surface area contributed by atoms with Crippen LogP contribution < -0.4 is 5.32 Å². The Morgan fingerprint density at radius 2 is 2.10 bits per heavy atom. The normalized spacial score (nSPS) is 16.1. The summed E-state index contributed by atoms with van der Waals surface area (Å²) >= 11 is 1.74. The van der Waals surface area contributed by atoms with E-state index < -0.39 is 12.6 Å². The van der Waals surface area contributed by atoms with Crippen molar-refractivity contribution in [2.24, 2.45) is 0 Å². The van der Waals surface area contributed by atoms with Crippen molar-refractivity contribution in [3.63, 3.8) is 0 Å². The molecule has 2 nitrogen and oxygen atoms in total. The molecule has 114 valence electrons. The van der Waals surface area contributed by atoms with Gasteiger partial charge in [0.05, 0.1) is 6.42 Å². The third-order valence-corrected chi connectivity index (χ3v) is 4.52. The van der Waals surface area contributed by atoms with Crippen molar-refractivity contribution in [3.8, 4) is 0 Å². The number of thiophene rings is 1. The van der Waals surface area contributed by atoms with Gasteiger partial charge in [0.15, 0.2) is 0 Å². The summed E-state index contributed by atoms with van der Waals surface area (Å²) in [4.78, 5) is 4.21. The molecule has 0 bridgehead atoms. The highest BCUT2D eigenvalue weighted by Crippen LogP contribution is 2.25. The summed E-state index contributed by atoms with van der Waals surface area (Å²) in [5.41, 5.74) is 1.15. The molecule has 0 unspecified atom stereocenters. The Morgan fingerprint density at radius 1 is 1.40 bits per heavy atom. The van der Waals surface area contributed by atoms with Gasteiger partial charge < -0.3 is 10.2 Å². The molecule has 0 amide bonds. The van der Waals surface area contributed by atoms with E-state index in [-0.39, 0.29) is 6.54 Å². The number of nitrogens with one attached hydrogen (secondary N) is 1. The summed E-state index contributed by atoms with van der Waals surface area (Å²) in [5.74, 6) is 0. The third kappa shape index (κ3) is 5.42. The Balaban J connectivity index is 1.81. The smallest absolute Gasteiger partial charge is 0.309 e. The van der Waals surface area contributed by atoms with Crippen molar-refractivity contribution >= 4 is 11.3 Å². The molecule has 1 aromatic heterocycles. The zero-order valence-corrected chi connectivity index (χ0v) is 12.7. The van der Waals surface area contributed by atoms with Crippen LogP contribution in [0.25, 0.3) is 0 Å². The number of hydrogen-bond acceptors (Lipinski definition) is 3. The predicted molar refractivity (Wildman–Crippen MR) is 75.9 cm³/mol. The molecule has 0 atom stereocenters. The Morgan fingerprint density at radius 3 is 2.70 bits per heavy atom. The van der Waals surface area contributed by atoms with Crippen molar-refractivity contribution in [1.29, 1.82) is 0 Å². The lowest BCUT2D eigenvalue weighted by atomic mass is 10.2. The van der Waals surface area contributed by atoms with E-state index in [9.17, 15) is 13.2 Å². The van der Waals surface area contributed by atoms with Crippen LogP contribution in [0.15, 0.2) is 6.07 Å². The highest BCUT2D eigenvalue weighted by molar-refractivity contribution is 7.12. The van der Waals surface area contributed by atoms with Gasteiger partial charge in [-0.25, -0.2) is 0 Å². The zero-order chi connectivity index (χ0) is 14.8. The first-order valence-corrected chi connectivity index (χ1v) is 7.72. The molecular formula is C14H21F3N2S. The molecule has 1 heterocycles. The SMILES string of the molecule is Cc1sc(CNC2CC2)cc1CN(C)CCC(F)(F)F. The molecule has 0 spiro atoms. The lowest BCUT2D eigenvalue weighted by molar-refractivity contribution is -0.137. The topological polar surface area (TPSA) is 15.3 Å². The molecule has 1 N–H and O–H groups in total. The lowest BCUT2D eigenvalue weighted by Crippen LogP contribution is -2.24. The van der Waals surface area contributed by atoms with E-state index in [1.165, 1.54) is 22.6 Å². The van der Waals surface area contributed by atoms with E-state index in [1.807, 2.05) is 6.92 Å². The van der Waals surface area contributed by atoms with Crippen LogP contribution in [0, 0.1) is 6.92 Å². The fourth-order valence-electron chi connectivity index (χ4n) is 2.05. The highest BCUT2D eigenvalue weighted by Gasteiger charge is 2.27. The third-order valence-electron chi connectivity index (χ3n) is 3.43. The first kappa shape index (κ1) is 15.8. The molecule has 0 radical (unpaired) electrons. The van der Waals surface area contributed by atoms with Crippen LogP contribution in [0.2, 0.25) is 0 Å². The monoisotopic (exact) mass is 306 g/mol. The van der Waals surface area contributed by atoms with Gasteiger partial charge in [0.1, 0.15) is 0 Å². The van der Waals surface area contributed by atoms with Crippen molar-refractivity contribution < 1.29 is 13.2 Å². The number of halogens is 3. The average Bonchev–Trinajstić information content (AvgIpc) is 3.10. The second kappa shape index (κ2) is 6.45. The molecule has 1 aromatic rings. The summed E-state index contributed by atoms with van der Waals surface area (Å²) in [6.45, 7) is 3.55. The maximum atomic E-state index is 12.2. The predicted octanol–water partition coefficient (Wildman–Crippen LogP) is 3.69. The Labute approximate surface area is 122 Å². The fourth-order valence-corrected chi connectivity index (χ4v) is 3.06. The minimum atomic E-state index is -4.07. The van der Waals surface area contributed by atoms with Gasteiger partial charge in [-0.15, -0.1) is 11.3 Å². The van der Waals surface area contributed by atoms with Crippen LogP contribution in [-0.4, -0.2) is 30.7 Å². The van der Waals surface area contributed by atoms with Gasteiger partial charge in [-0.3, -0.25) is 0 Å². The average molecular weight is 306 g/mol. The van der Waals surface area contributed by atoms with Crippen LogP contribution >= 0.6 is 11.3 Å². The molecular weight excluding hydrogens is 285 g/mol. The van der Waals surface area contributed by atoms with Crippen LogP contribution in [0.4, 0.5) is 13.2 Å². The Bertz CT molecular complexity index is 438. The Hall–Kier alpha value is -0.590. The standard InChI is InChI=1S/C14H21F3N2S/c1-10-11(9-19(2)6-5-14(15,16)17)7-13(20-10)8-18-12-3-4-12/h7,12,18H,3-6,8-9H2,1-2H3. The van der Waals surface area contributed by atoms with Gasteiger partial charge >= 0.3 is 6.18 Å². The number of nitrogens with zero attached hydrogens (tertiary/aromatic N) is 1. The molecule has 1 saturated carbocycles. The zero-order valence-electron chi connectivity index (χ0n) is 11.9. The quantitative estimate of drug-likeness (QED) is 0.826. The molecule has 1 aliphatic rings. The molecule has 0 aliphatic heterocycles. The molecule has 20 heavy (non-hydrogen) atoms. The molecule has 2 rings (SSSR count). The summed E-state index contributed by atoms with van der Waals surface area (Å²) < 4.78 is 36.6. The van der Waals surface area contributed by atoms with Gasteiger partial charge in [0.2, 0.25) is 0 Å². The molecule has 0 aromatic carbocycles. The summed E-state index contributed by atoms with van der Waals surface area (Å²) in [6, 6.07) is 2.80. The Kier molecular flexibility index (Phi) is 5.09. The molecule has 0 saturated heterocycles. The first-order chi connectivity index (χ1) is 9.33. The fraction of sp³-hybridized carbons (Fsp3) is 0.714. The first-order valence-electron chi connectivity index (χ1n) is 6.90. The van der Waals surface area contributed by atoms with Crippen LogP contribution in [0.1, 0.15) is 34.6 Å². The van der Waals surface area contributed by atoms with Crippen LogP contribution in [0.5, 0.6) is 0 Å². The minimum absolute atomic E-state index is 0.0500. The van der Waals surface area contributed by atoms with E-state index in [0.717, 1.165) is 12.1 Å². The summed E-state index contributed by atoms with van der Waals surface area (Å²) in [5, 5.41) is 3.46. The maximum Gasteiger partial charge on any atom is 0.390 e. The number of alkyl halides is 3. The summed E-state index contributed by atoms with van der Waals surface area (Å²) in [7, 11) is 1.74. The van der Waals surface area contributed by atoms with Crippen molar-refractivity contribution in [2.45, 2.75) is 51.5 Å². The number of hydrogen-bond donors (Lipinski definition) is 1. The molecule has 6 heteroatoms. The largest absolute Gasteiger partial charge is 0.390 e. The van der Waals surface area contributed by atoms with E-state index >= 15 is 0 Å².